The lowest BCUT2D eigenvalue weighted by Crippen LogP contribution is -2.14. The maximum absolute atomic E-state index is 12.1. The summed E-state index contributed by atoms with van der Waals surface area (Å²) in [5.74, 6) is 0.780. The molecule has 0 amide bonds. The topological polar surface area (TPSA) is 70.8 Å². The summed E-state index contributed by atoms with van der Waals surface area (Å²) in [5, 5.41) is 0. The summed E-state index contributed by atoms with van der Waals surface area (Å²) in [5.41, 5.74) is 6.44. The van der Waals surface area contributed by atoms with Crippen LogP contribution in [0, 0.1) is 5.92 Å². The van der Waals surface area contributed by atoms with Gasteiger partial charge in [0.05, 0.1) is 32.1 Å². The van der Waals surface area contributed by atoms with Crippen LogP contribution in [0.3, 0.4) is 0 Å². The van der Waals surface area contributed by atoms with Crippen LogP contribution in [0.15, 0.2) is 12.1 Å². The Balaban J connectivity index is 2.86. The van der Waals surface area contributed by atoms with Gasteiger partial charge in [0, 0.05) is 6.07 Å². The number of hydrogen-bond donors (Lipinski definition) is 1. The number of nitrogen functional groups attached to an aromatic ring is 1. The molecule has 1 aromatic carbocycles. The van der Waals surface area contributed by atoms with Crippen LogP contribution in [0.2, 0.25) is 0 Å². The molecule has 0 saturated carbocycles. The lowest BCUT2D eigenvalue weighted by molar-refractivity contribution is 0.0444. The van der Waals surface area contributed by atoms with Gasteiger partial charge >= 0.3 is 5.97 Å². The van der Waals surface area contributed by atoms with E-state index in [0.29, 0.717) is 24.0 Å². The van der Waals surface area contributed by atoms with Crippen molar-refractivity contribution in [2.45, 2.75) is 26.7 Å². The second kappa shape index (κ2) is 7.62. The highest BCUT2D eigenvalue weighted by Gasteiger charge is 2.18. The zero-order chi connectivity index (χ0) is 15.1. The fourth-order valence-electron chi connectivity index (χ4n) is 1.93. The van der Waals surface area contributed by atoms with Gasteiger partial charge in [0.15, 0.2) is 0 Å². The quantitative estimate of drug-likeness (QED) is 0.614. The van der Waals surface area contributed by atoms with E-state index in [2.05, 4.69) is 6.92 Å². The molecule has 112 valence electrons. The van der Waals surface area contributed by atoms with Crippen LogP contribution in [0.4, 0.5) is 5.69 Å². The number of methoxy groups -OCH3 is 2. The molecule has 0 aliphatic rings. The van der Waals surface area contributed by atoms with Crippen molar-refractivity contribution < 1.29 is 19.0 Å². The number of carbonyl (C=O) groups excluding carboxylic acids is 1. The van der Waals surface area contributed by atoms with E-state index in [9.17, 15) is 4.79 Å². The van der Waals surface area contributed by atoms with E-state index in [-0.39, 0.29) is 11.3 Å². The van der Waals surface area contributed by atoms with Gasteiger partial charge in [-0.25, -0.2) is 4.79 Å². The molecule has 1 rings (SSSR count). The van der Waals surface area contributed by atoms with E-state index in [4.69, 9.17) is 19.9 Å². The normalized spacial score (nSPS) is 11.8. The predicted octanol–water partition coefficient (Wildman–Crippen LogP) is 2.88. The molecule has 0 fully saturated rings. The smallest absolute Gasteiger partial charge is 0.340 e. The molecule has 0 aliphatic heterocycles. The molecular formula is C15H23NO4. The zero-order valence-corrected chi connectivity index (χ0v) is 12.6. The molecule has 0 saturated heterocycles. The molecule has 1 aromatic rings. The molecule has 0 spiro atoms. The van der Waals surface area contributed by atoms with Crippen LogP contribution in [-0.4, -0.2) is 26.8 Å². The van der Waals surface area contributed by atoms with E-state index >= 15 is 0 Å². The summed E-state index contributed by atoms with van der Waals surface area (Å²) < 4.78 is 15.5. The van der Waals surface area contributed by atoms with Crippen LogP contribution in [0.25, 0.3) is 0 Å². The van der Waals surface area contributed by atoms with Gasteiger partial charge in [-0.1, -0.05) is 20.3 Å². The lowest BCUT2D eigenvalue weighted by atomic mass is 10.1. The second-order valence-electron chi connectivity index (χ2n) is 4.78. The Morgan fingerprint density at radius 3 is 2.55 bits per heavy atom. The lowest BCUT2D eigenvalue weighted by Gasteiger charge is -2.14. The number of anilines is 1. The fraction of sp³-hybridized carbons (Fsp3) is 0.533. The van der Waals surface area contributed by atoms with E-state index in [1.54, 1.807) is 12.1 Å². The van der Waals surface area contributed by atoms with Crippen molar-refractivity contribution in [3.05, 3.63) is 17.7 Å². The van der Waals surface area contributed by atoms with Crippen LogP contribution >= 0.6 is 0 Å². The van der Waals surface area contributed by atoms with Gasteiger partial charge in [0.2, 0.25) is 0 Å². The van der Waals surface area contributed by atoms with Crippen molar-refractivity contribution in [2.75, 3.05) is 26.6 Å². The standard InChI is InChI=1S/C15H23NO4/c1-5-6-10(2)9-20-15(17)12-7-11(18-3)8-13(19-4)14(12)16/h7-8,10H,5-6,9,16H2,1-4H3. The van der Waals surface area contributed by atoms with E-state index in [1.807, 2.05) is 6.92 Å². The minimum Gasteiger partial charge on any atom is -0.497 e. The van der Waals surface area contributed by atoms with Gasteiger partial charge in [-0.05, 0) is 18.4 Å². The minimum absolute atomic E-state index is 0.265. The van der Waals surface area contributed by atoms with Gasteiger partial charge in [-0.3, -0.25) is 0 Å². The molecule has 5 nitrogen and oxygen atoms in total. The van der Waals surface area contributed by atoms with Crippen LogP contribution < -0.4 is 15.2 Å². The monoisotopic (exact) mass is 281 g/mol. The molecule has 2 N–H and O–H groups in total. The third-order valence-electron chi connectivity index (χ3n) is 3.07. The summed E-state index contributed by atoms with van der Waals surface area (Å²) in [6.07, 6.45) is 2.08. The first kappa shape index (κ1) is 16.1. The number of carbonyl (C=O) groups is 1. The van der Waals surface area contributed by atoms with Crippen molar-refractivity contribution in [1.82, 2.24) is 0 Å². The Bertz CT molecular complexity index is 459. The molecule has 0 aliphatic carbocycles. The third-order valence-corrected chi connectivity index (χ3v) is 3.07. The highest BCUT2D eigenvalue weighted by atomic mass is 16.5. The Hall–Kier alpha value is -1.91. The Morgan fingerprint density at radius 2 is 2.00 bits per heavy atom. The van der Waals surface area contributed by atoms with Crippen LogP contribution in [0.5, 0.6) is 11.5 Å². The summed E-state index contributed by atoms with van der Waals surface area (Å²) >= 11 is 0. The van der Waals surface area contributed by atoms with E-state index in [0.717, 1.165) is 12.8 Å². The van der Waals surface area contributed by atoms with E-state index in [1.165, 1.54) is 14.2 Å². The average Bonchev–Trinajstić information content (AvgIpc) is 2.45. The van der Waals surface area contributed by atoms with Crippen molar-refractivity contribution in [2.24, 2.45) is 5.92 Å². The number of benzene rings is 1. The number of esters is 1. The first-order valence-corrected chi connectivity index (χ1v) is 6.72. The predicted molar refractivity (Wildman–Crippen MR) is 78.3 cm³/mol. The van der Waals surface area contributed by atoms with Gasteiger partial charge in [0.25, 0.3) is 0 Å². The number of rotatable bonds is 7. The molecular weight excluding hydrogens is 258 g/mol. The third kappa shape index (κ3) is 4.05. The van der Waals surface area contributed by atoms with Crippen molar-refractivity contribution in [3.8, 4) is 11.5 Å². The molecule has 0 bridgehead atoms. The molecule has 0 heterocycles. The second-order valence-corrected chi connectivity index (χ2v) is 4.78. The van der Waals surface area contributed by atoms with Gasteiger partial charge in [0.1, 0.15) is 11.5 Å². The number of nitrogens with two attached hydrogens (primary N) is 1. The van der Waals surface area contributed by atoms with Gasteiger partial charge in [-0.2, -0.15) is 0 Å². The van der Waals surface area contributed by atoms with Crippen LogP contribution in [-0.2, 0) is 4.74 Å². The summed E-state index contributed by atoms with van der Waals surface area (Å²) in [4.78, 5) is 12.1. The van der Waals surface area contributed by atoms with Crippen molar-refractivity contribution in [3.63, 3.8) is 0 Å². The summed E-state index contributed by atoms with van der Waals surface area (Å²) in [7, 11) is 3.01. The van der Waals surface area contributed by atoms with Crippen molar-refractivity contribution >= 4 is 11.7 Å². The molecule has 0 aromatic heterocycles. The summed E-state index contributed by atoms with van der Waals surface area (Å²) in [6, 6.07) is 3.19. The molecule has 1 atom stereocenters. The molecule has 20 heavy (non-hydrogen) atoms. The maximum Gasteiger partial charge on any atom is 0.340 e. The maximum atomic E-state index is 12.1. The van der Waals surface area contributed by atoms with Gasteiger partial charge < -0.3 is 19.9 Å². The SMILES string of the molecule is CCCC(C)COC(=O)c1cc(OC)cc(OC)c1N. The Morgan fingerprint density at radius 1 is 1.30 bits per heavy atom. The average molecular weight is 281 g/mol. The van der Waals surface area contributed by atoms with E-state index < -0.39 is 5.97 Å². The van der Waals surface area contributed by atoms with Crippen LogP contribution in [0.1, 0.15) is 37.0 Å². The molecule has 5 heteroatoms. The number of ether oxygens (including phenoxy) is 3. The highest BCUT2D eigenvalue weighted by molar-refractivity contribution is 5.97. The number of hydrogen-bond acceptors (Lipinski definition) is 5. The Labute approximate surface area is 120 Å². The largest absolute Gasteiger partial charge is 0.497 e. The summed E-state index contributed by atoms with van der Waals surface area (Å²) in [6.45, 7) is 4.53. The first-order valence-electron chi connectivity index (χ1n) is 6.72. The van der Waals surface area contributed by atoms with Crippen molar-refractivity contribution in [1.29, 1.82) is 0 Å². The first-order chi connectivity index (χ1) is 9.53. The van der Waals surface area contributed by atoms with Gasteiger partial charge in [-0.15, -0.1) is 0 Å². The minimum atomic E-state index is -0.456. The molecule has 1 unspecified atom stereocenters. The Kier molecular flexibility index (Phi) is 6.15. The zero-order valence-electron chi connectivity index (χ0n) is 12.6. The molecule has 0 radical (unpaired) electrons. The highest BCUT2D eigenvalue weighted by Crippen LogP contribution is 2.31. The fourth-order valence-corrected chi connectivity index (χ4v) is 1.93.